The third-order valence-corrected chi connectivity index (χ3v) is 7.63. The molecule has 5 heteroatoms. The van der Waals surface area contributed by atoms with Crippen LogP contribution in [0.25, 0.3) is 10.9 Å². The monoisotopic (exact) mass is 413 g/mol. The Morgan fingerprint density at radius 1 is 1.16 bits per heavy atom. The van der Waals surface area contributed by atoms with Gasteiger partial charge in [0.05, 0.1) is 18.2 Å². The SMILES string of the molecule is C[C@H]1OCc2c1c(N)nc1ccc(C(=O)N3C[C@H](c4ccccc4)[C@H]4CCC[C@H]43)cc21. The third kappa shape index (κ3) is 2.87. The van der Waals surface area contributed by atoms with Crippen LogP contribution in [-0.4, -0.2) is 28.4 Å². The summed E-state index contributed by atoms with van der Waals surface area (Å²) in [6.07, 6.45) is 3.45. The summed E-state index contributed by atoms with van der Waals surface area (Å²) in [5.41, 5.74) is 11.2. The summed E-state index contributed by atoms with van der Waals surface area (Å²) in [4.78, 5) is 20.4. The molecule has 6 rings (SSSR count). The van der Waals surface area contributed by atoms with Gasteiger partial charge in [0, 0.05) is 35.0 Å². The van der Waals surface area contributed by atoms with Crippen molar-refractivity contribution in [2.75, 3.05) is 12.3 Å². The molecule has 1 aliphatic carbocycles. The molecule has 5 nitrogen and oxygen atoms in total. The van der Waals surface area contributed by atoms with Gasteiger partial charge in [0.1, 0.15) is 5.82 Å². The first-order valence-corrected chi connectivity index (χ1v) is 11.3. The number of carbonyl (C=O) groups is 1. The number of benzene rings is 2. The number of rotatable bonds is 2. The fourth-order valence-corrected chi connectivity index (χ4v) is 6.16. The summed E-state index contributed by atoms with van der Waals surface area (Å²) in [7, 11) is 0. The Labute approximate surface area is 182 Å². The van der Waals surface area contributed by atoms with Crippen LogP contribution in [0, 0.1) is 5.92 Å². The molecule has 0 bridgehead atoms. The highest BCUT2D eigenvalue weighted by molar-refractivity contribution is 5.99. The molecule has 0 unspecified atom stereocenters. The lowest BCUT2D eigenvalue weighted by atomic mass is 9.87. The number of likely N-dealkylation sites (tertiary alicyclic amines) is 1. The van der Waals surface area contributed by atoms with Crippen molar-refractivity contribution >= 4 is 22.6 Å². The molecule has 2 N–H and O–H groups in total. The number of nitrogens with two attached hydrogens (primary N) is 1. The number of hydrogen-bond acceptors (Lipinski definition) is 4. The molecule has 0 radical (unpaired) electrons. The van der Waals surface area contributed by atoms with Crippen molar-refractivity contribution in [3.05, 3.63) is 70.8 Å². The zero-order valence-corrected chi connectivity index (χ0v) is 17.8. The molecule has 1 amide bonds. The Morgan fingerprint density at radius 3 is 2.84 bits per heavy atom. The number of hydrogen-bond donors (Lipinski definition) is 1. The summed E-state index contributed by atoms with van der Waals surface area (Å²) < 4.78 is 5.82. The van der Waals surface area contributed by atoms with Crippen molar-refractivity contribution in [2.24, 2.45) is 5.92 Å². The molecule has 1 saturated carbocycles. The number of aromatic nitrogens is 1. The minimum atomic E-state index is -0.0595. The Kier molecular flexibility index (Phi) is 4.29. The number of amides is 1. The zero-order chi connectivity index (χ0) is 21.1. The van der Waals surface area contributed by atoms with Gasteiger partial charge < -0.3 is 15.4 Å². The number of carbonyl (C=O) groups excluding carboxylic acids is 1. The molecule has 31 heavy (non-hydrogen) atoms. The lowest BCUT2D eigenvalue weighted by molar-refractivity contribution is 0.0728. The predicted octanol–water partition coefficient (Wildman–Crippen LogP) is 4.82. The van der Waals surface area contributed by atoms with Gasteiger partial charge in [-0.25, -0.2) is 4.98 Å². The maximum absolute atomic E-state index is 13.7. The first-order valence-electron chi connectivity index (χ1n) is 11.3. The molecular formula is C26H27N3O2. The largest absolute Gasteiger partial charge is 0.383 e. The second kappa shape index (κ2) is 7.06. The average molecular weight is 414 g/mol. The summed E-state index contributed by atoms with van der Waals surface area (Å²) in [6.45, 7) is 3.31. The van der Waals surface area contributed by atoms with E-state index in [9.17, 15) is 4.79 Å². The van der Waals surface area contributed by atoms with E-state index in [1.54, 1.807) is 0 Å². The van der Waals surface area contributed by atoms with Gasteiger partial charge >= 0.3 is 0 Å². The van der Waals surface area contributed by atoms with E-state index in [0.717, 1.165) is 40.6 Å². The van der Waals surface area contributed by atoms with Crippen LogP contribution in [0.2, 0.25) is 0 Å². The number of nitrogens with zero attached hydrogens (tertiary/aromatic N) is 2. The highest BCUT2D eigenvalue weighted by Crippen LogP contribution is 2.47. The lowest BCUT2D eigenvalue weighted by Gasteiger charge is -2.24. The predicted molar refractivity (Wildman–Crippen MR) is 121 cm³/mol. The molecular weight excluding hydrogens is 386 g/mol. The van der Waals surface area contributed by atoms with E-state index < -0.39 is 0 Å². The van der Waals surface area contributed by atoms with E-state index in [4.69, 9.17) is 10.5 Å². The highest BCUT2D eigenvalue weighted by atomic mass is 16.5. The Balaban J connectivity index is 1.37. The van der Waals surface area contributed by atoms with Crippen LogP contribution in [0.5, 0.6) is 0 Å². The molecule has 158 valence electrons. The first-order chi connectivity index (χ1) is 15.1. The maximum Gasteiger partial charge on any atom is 0.254 e. The van der Waals surface area contributed by atoms with Gasteiger partial charge in [0.15, 0.2) is 0 Å². The summed E-state index contributed by atoms with van der Waals surface area (Å²) in [5.74, 6) is 1.66. The lowest BCUT2D eigenvalue weighted by Crippen LogP contribution is -2.36. The number of pyridine rings is 1. The number of ether oxygens (including phenoxy) is 1. The molecule has 1 saturated heterocycles. The fourth-order valence-electron chi connectivity index (χ4n) is 6.16. The molecule has 2 aliphatic heterocycles. The van der Waals surface area contributed by atoms with Crippen molar-refractivity contribution < 1.29 is 9.53 Å². The molecule has 4 atom stereocenters. The van der Waals surface area contributed by atoms with Gasteiger partial charge in [0.25, 0.3) is 5.91 Å². The molecule has 2 fully saturated rings. The van der Waals surface area contributed by atoms with Crippen molar-refractivity contribution in [3.8, 4) is 0 Å². The summed E-state index contributed by atoms with van der Waals surface area (Å²) in [6, 6.07) is 16.9. The average Bonchev–Trinajstić information content (AvgIpc) is 3.49. The second-order valence-corrected chi connectivity index (χ2v) is 9.21. The number of fused-ring (bicyclic) bond motifs is 4. The van der Waals surface area contributed by atoms with Crippen molar-refractivity contribution in [1.82, 2.24) is 9.88 Å². The summed E-state index contributed by atoms with van der Waals surface area (Å²) in [5, 5.41) is 0.987. The smallest absolute Gasteiger partial charge is 0.254 e. The van der Waals surface area contributed by atoms with Gasteiger partial charge in [0.2, 0.25) is 0 Å². The molecule has 3 aromatic rings. The van der Waals surface area contributed by atoms with E-state index >= 15 is 0 Å². The van der Waals surface area contributed by atoms with Crippen LogP contribution < -0.4 is 5.73 Å². The molecule has 0 spiro atoms. The van der Waals surface area contributed by atoms with E-state index in [2.05, 4.69) is 40.2 Å². The van der Waals surface area contributed by atoms with Crippen molar-refractivity contribution in [2.45, 2.75) is 50.9 Å². The first kappa shape index (κ1) is 18.8. The normalized spacial score (nSPS) is 26.9. The molecule has 2 aromatic carbocycles. The van der Waals surface area contributed by atoms with Gasteiger partial charge in [-0.2, -0.15) is 0 Å². The minimum Gasteiger partial charge on any atom is -0.383 e. The number of anilines is 1. The van der Waals surface area contributed by atoms with Gasteiger partial charge in [-0.1, -0.05) is 36.8 Å². The van der Waals surface area contributed by atoms with Crippen molar-refractivity contribution in [1.29, 1.82) is 0 Å². The van der Waals surface area contributed by atoms with Crippen LogP contribution in [0.4, 0.5) is 5.82 Å². The highest BCUT2D eigenvalue weighted by Gasteiger charge is 2.46. The van der Waals surface area contributed by atoms with Crippen LogP contribution >= 0.6 is 0 Å². The van der Waals surface area contributed by atoms with Crippen LogP contribution in [0.3, 0.4) is 0 Å². The van der Waals surface area contributed by atoms with Crippen LogP contribution in [0.15, 0.2) is 48.5 Å². The van der Waals surface area contributed by atoms with E-state index in [-0.39, 0.29) is 12.0 Å². The van der Waals surface area contributed by atoms with E-state index in [0.29, 0.717) is 30.3 Å². The minimum absolute atomic E-state index is 0.0595. The summed E-state index contributed by atoms with van der Waals surface area (Å²) >= 11 is 0. The van der Waals surface area contributed by atoms with Gasteiger partial charge in [-0.05, 0) is 55.0 Å². The van der Waals surface area contributed by atoms with Crippen LogP contribution in [-0.2, 0) is 11.3 Å². The molecule has 3 aliphatic rings. The zero-order valence-electron chi connectivity index (χ0n) is 17.8. The quantitative estimate of drug-likeness (QED) is 0.654. The Bertz CT molecular complexity index is 1180. The molecule has 1 aromatic heterocycles. The van der Waals surface area contributed by atoms with Gasteiger partial charge in [-0.3, -0.25) is 4.79 Å². The standard InChI is InChI=1S/C26H27N3O2/c1-15-24-21(14-31-15)19-12-17(10-11-22(19)28-25(24)27)26(30)29-13-20(16-6-3-2-4-7-16)18-8-5-9-23(18)29/h2-4,6-7,10-12,15,18,20,23H,5,8-9,13-14H2,1H3,(H2,27,28)/t15-,18-,20-,23-/m1/s1. The molecule has 3 heterocycles. The Morgan fingerprint density at radius 2 is 2.00 bits per heavy atom. The fraction of sp³-hybridized carbons (Fsp3) is 0.385. The van der Waals surface area contributed by atoms with E-state index in [1.807, 2.05) is 25.1 Å². The third-order valence-electron chi connectivity index (χ3n) is 7.63. The Hall–Kier alpha value is -2.92. The van der Waals surface area contributed by atoms with E-state index in [1.165, 1.54) is 18.4 Å². The second-order valence-electron chi connectivity index (χ2n) is 9.21. The van der Waals surface area contributed by atoms with Gasteiger partial charge in [-0.15, -0.1) is 0 Å². The maximum atomic E-state index is 13.7. The van der Waals surface area contributed by atoms with Crippen molar-refractivity contribution in [3.63, 3.8) is 0 Å². The number of nitrogen functional groups attached to an aromatic ring is 1. The van der Waals surface area contributed by atoms with Crippen LogP contribution in [0.1, 0.15) is 65.3 Å². The topological polar surface area (TPSA) is 68.5 Å².